The van der Waals surface area contributed by atoms with Crippen LogP contribution in [0.4, 0.5) is 11.5 Å². The van der Waals surface area contributed by atoms with Gasteiger partial charge in [-0.05, 0) is 19.3 Å². The molecule has 0 radical (unpaired) electrons. The molecular weight excluding hydrogens is 204 g/mol. The highest BCUT2D eigenvalue weighted by molar-refractivity contribution is 5.69. The molecule has 16 heavy (non-hydrogen) atoms. The maximum atomic E-state index is 6.07. The van der Waals surface area contributed by atoms with E-state index in [9.17, 15) is 0 Å². The second-order valence-electron chi connectivity index (χ2n) is 4.16. The van der Waals surface area contributed by atoms with Gasteiger partial charge in [-0.2, -0.15) is 0 Å². The molecule has 0 atom stereocenters. The number of nitrogen functional groups attached to an aromatic ring is 1. The number of hydrogen-bond donors (Lipinski definition) is 1. The number of aryl methyl sites for hydroxylation is 1. The van der Waals surface area contributed by atoms with Crippen molar-refractivity contribution >= 4 is 11.5 Å². The van der Waals surface area contributed by atoms with Crippen molar-refractivity contribution in [2.24, 2.45) is 0 Å². The summed E-state index contributed by atoms with van der Waals surface area (Å²) in [5.74, 6) is 1.59. The summed E-state index contributed by atoms with van der Waals surface area (Å²) in [6.07, 6.45) is 3.52. The van der Waals surface area contributed by atoms with E-state index in [0.717, 1.165) is 31.9 Å². The van der Waals surface area contributed by atoms with Crippen LogP contribution in [-0.2, 0) is 6.54 Å². The monoisotopic (exact) mass is 224 g/mol. The lowest BCUT2D eigenvalue weighted by Gasteiger charge is -2.19. The van der Waals surface area contributed by atoms with Crippen LogP contribution in [0.2, 0.25) is 0 Å². The van der Waals surface area contributed by atoms with Crippen molar-refractivity contribution < 1.29 is 4.74 Å². The van der Waals surface area contributed by atoms with Gasteiger partial charge in [0.1, 0.15) is 5.69 Å². The Morgan fingerprint density at radius 3 is 2.62 bits per heavy atom. The zero-order valence-electron chi connectivity index (χ0n) is 10.1. The minimum absolute atomic E-state index is 0.551. The van der Waals surface area contributed by atoms with Gasteiger partial charge in [-0.15, -0.1) is 5.10 Å². The van der Waals surface area contributed by atoms with E-state index < -0.39 is 0 Å². The lowest BCUT2D eigenvalue weighted by Crippen LogP contribution is -2.22. The summed E-state index contributed by atoms with van der Waals surface area (Å²) < 4.78 is 7.16. The van der Waals surface area contributed by atoms with Crippen molar-refractivity contribution in [2.75, 3.05) is 30.8 Å². The molecule has 5 nitrogen and oxygen atoms in total. The fraction of sp³-hybridized carbons (Fsp3) is 0.727. The van der Waals surface area contributed by atoms with Crippen LogP contribution < -0.4 is 15.4 Å². The Labute approximate surface area is 96.2 Å². The van der Waals surface area contributed by atoms with Gasteiger partial charge < -0.3 is 15.4 Å². The number of nitrogens with zero attached hydrogens (tertiary/aromatic N) is 3. The third kappa shape index (κ3) is 1.81. The average Bonchev–Trinajstić information content (AvgIpc) is 2.87. The number of hydrogen-bond acceptors (Lipinski definition) is 4. The highest BCUT2D eigenvalue weighted by Crippen LogP contribution is 2.33. The van der Waals surface area contributed by atoms with Crippen molar-refractivity contribution in [1.82, 2.24) is 9.78 Å². The molecule has 1 fully saturated rings. The first kappa shape index (κ1) is 11.1. The molecule has 90 valence electrons. The van der Waals surface area contributed by atoms with Crippen LogP contribution in [-0.4, -0.2) is 30.0 Å². The molecule has 0 amide bonds. The number of ether oxygens (including phenoxy) is 1. The maximum Gasteiger partial charge on any atom is 0.258 e. The Morgan fingerprint density at radius 2 is 2.06 bits per heavy atom. The molecule has 0 saturated carbocycles. The maximum absolute atomic E-state index is 6.07. The van der Waals surface area contributed by atoms with Gasteiger partial charge in [0.2, 0.25) is 0 Å². The molecule has 1 saturated heterocycles. The van der Waals surface area contributed by atoms with Crippen LogP contribution in [0.15, 0.2) is 0 Å². The van der Waals surface area contributed by atoms with E-state index in [4.69, 9.17) is 10.5 Å². The highest BCUT2D eigenvalue weighted by atomic mass is 16.5. The zero-order valence-corrected chi connectivity index (χ0v) is 10.1. The van der Waals surface area contributed by atoms with E-state index in [1.165, 1.54) is 12.8 Å². The minimum atomic E-state index is 0.551. The number of methoxy groups -OCH3 is 1. The topological polar surface area (TPSA) is 56.3 Å². The van der Waals surface area contributed by atoms with Gasteiger partial charge in [-0.3, -0.25) is 0 Å². The molecule has 0 bridgehead atoms. The van der Waals surface area contributed by atoms with E-state index in [2.05, 4.69) is 16.9 Å². The molecule has 0 aromatic carbocycles. The predicted molar refractivity (Wildman–Crippen MR) is 64.9 cm³/mol. The Bertz CT molecular complexity index is 355. The zero-order chi connectivity index (χ0) is 11.5. The number of aromatic nitrogens is 2. The quantitative estimate of drug-likeness (QED) is 0.841. The molecule has 2 N–H and O–H groups in total. The number of rotatable bonds is 4. The molecule has 2 rings (SSSR count). The van der Waals surface area contributed by atoms with Crippen LogP contribution in [0, 0.1) is 0 Å². The average molecular weight is 224 g/mol. The molecular formula is C11H20N4O. The summed E-state index contributed by atoms with van der Waals surface area (Å²) in [5, 5.41) is 4.39. The third-order valence-electron chi connectivity index (χ3n) is 2.96. The first-order valence-electron chi connectivity index (χ1n) is 5.93. The normalized spacial score (nSPS) is 15.8. The fourth-order valence-electron chi connectivity index (χ4n) is 2.23. The van der Waals surface area contributed by atoms with Crippen molar-refractivity contribution in [2.45, 2.75) is 32.7 Å². The summed E-state index contributed by atoms with van der Waals surface area (Å²) in [6, 6.07) is 0. The Morgan fingerprint density at radius 1 is 1.38 bits per heavy atom. The summed E-state index contributed by atoms with van der Waals surface area (Å²) in [6.45, 7) is 5.17. The van der Waals surface area contributed by atoms with Crippen LogP contribution in [0.1, 0.15) is 26.2 Å². The smallest absolute Gasteiger partial charge is 0.258 e. The van der Waals surface area contributed by atoms with Crippen LogP contribution >= 0.6 is 0 Å². The van der Waals surface area contributed by atoms with Crippen LogP contribution in [0.3, 0.4) is 0 Å². The second kappa shape index (κ2) is 4.63. The van der Waals surface area contributed by atoms with E-state index >= 15 is 0 Å². The van der Waals surface area contributed by atoms with Gasteiger partial charge in [-0.1, -0.05) is 6.92 Å². The lowest BCUT2D eigenvalue weighted by atomic mass is 10.4. The van der Waals surface area contributed by atoms with Crippen LogP contribution in [0.25, 0.3) is 0 Å². The second-order valence-corrected chi connectivity index (χ2v) is 4.16. The lowest BCUT2D eigenvalue weighted by molar-refractivity contribution is 0.389. The molecule has 1 aromatic rings. The van der Waals surface area contributed by atoms with E-state index in [1.807, 2.05) is 4.68 Å². The molecule has 1 aromatic heterocycles. The van der Waals surface area contributed by atoms with Gasteiger partial charge in [0.15, 0.2) is 5.82 Å². The van der Waals surface area contributed by atoms with E-state index in [-0.39, 0.29) is 0 Å². The summed E-state index contributed by atoms with van der Waals surface area (Å²) in [7, 11) is 1.61. The van der Waals surface area contributed by atoms with E-state index in [0.29, 0.717) is 11.6 Å². The van der Waals surface area contributed by atoms with Gasteiger partial charge in [0, 0.05) is 19.6 Å². The van der Waals surface area contributed by atoms with Gasteiger partial charge >= 0.3 is 0 Å². The molecule has 0 unspecified atom stereocenters. The van der Waals surface area contributed by atoms with Crippen molar-refractivity contribution in [3.05, 3.63) is 0 Å². The van der Waals surface area contributed by atoms with Crippen LogP contribution in [0.5, 0.6) is 5.88 Å². The molecule has 2 heterocycles. The van der Waals surface area contributed by atoms with Crippen molar-refractivity contribution in [1.29, 1.82) is 0 Å². The SMILES string of the molecule is CCCn1nc(OC)c(N)c1N1CCCC1. The first-order valence-corrected chi connectivity index (χ1v) is 5.93. The Hall–Kier alpha value is -1.39. The van der Waals surface area contributed by atoms with Crippen molar-refractivity contribution in [3.63, 3.8) is 0 Å². The van der Waals surface area contributed by atoms with Gasteiger partial charge in [0.05, 0.1) is 7.11 Å². The van der Waals surface area contributed by atoms with Gasteiger partial charge in [0.25, 0.3) is 5.88 Å². The van der Waals surface area contributed by atoms with Crippen molar-refractivity contribution in [3.8, 4) is 5.88 Å². The fourth-order valence-corrected chi connectivity index (χ4v) is 2.23. The van der Waals surface area contributed by atoms with Gasteiger partial charge in [-0.25, -0.2) is 4.68 Å². The molecule has 1 aliphatic rings. The molecule has 0 spiro atoms. The largest absolute Gasteiger partial charge is 0.478 e. The van der Waals surface area contributed by atoms with E-state index in [1.54, 1.807) is 7.11 Å². The molecule has 1 aliphatic heterocycles. The summed E-state index contributed by atoms with van der Waals surface area (Å²) in [4.78, 5) is 2.31. The minimum Gasteiger partial charge on any atom is -0.478 e. The number of anilines is 2. The first-order chi connectivity index (χ1) is 7.77. The Balaban J connectivity index is 2.34. The summed E-state index contributed by atoms with van der Waals surface area (Å²) in [5.41, 5.74) is 6.75. The number of nitrogens with two attached hydrogens (primary N) is 1. The Kier molecular flexibility index (Phi) is 3.22. The standard InChI is InChI=1S/C11H20N4O/c1-3-6-15-11(14-7-4-5-8-14)9(12)10(13-15)16-2/h3-8,12H2,1-2H3. The third-order valence-corrected chi connectivity index (χ3v) is 2.96. The molecule has 5 heteroatoms. The summed E-state index contributed by atoms with van der Waals surface area (Å²) >= 11 is 0. The molecule has 0 aliphatic carbocycles. The highest BCUT2D eigenvalue weighted by Gasteiger charge is 2.23. The predicted octanol–water partition coefficient (Wildman–Crippen LogP) is 1.48.